The van der Waals surface area contributed by atoms with Crippen molar-refractivity contribution in [2.24, 2.45) is 5.92 Å². The maximum Gasteiger partial charge on any atom is 0.318 e. The van der Waals surface area contributed by atoms with Gasteiger partial charge in [-0.3, -0.25) is 0 Å². The first kappa shape index (κ1) is 15.7. The fraction of sp³-hybridized carbons (Fsp3) is 0.556. The number of thiazole rings is 1. The number of amides is 2. The Morgan fingerprint density at radius 2 is 2.25 bits per heavy atom. The Labute approximate surface area is 146 Å². The lowest BCUT2D eigenvalue weighted by molar-refractivity contribution is 0.186. The van der Waals surface area contributed by atoms with Gasteiger partial charge < -0.3 is 14.6 Å². The largest absolute Gasteiger partial charge is 0.464 e. The zero-order valence-electron chi connectivity index (χ0n) is 14.1. The number of nitrogens with zero attached hydrogens (tertiary/aromatic N) is 2. The van der Waals surface area contributed by atoms with E-state index in [4.69, 9.17) is 4.42 Å². The second kappa shape index (κ2) is 6.24. The Morgan fingerprint density at radius 1 is 1.46 bits per heavy atom. The van der Waals surface area contributed by atoms with Crippen LogP contribution in [0.2, 0.25) is 0 Å². The Morgan fingerprint density at radius 3 is 2.88 bits per heavy atom. The number of hydrogen-bond donors (Lipinski definition) is 1. The molecule has 2 aliphatic rings. The first-order valence-corrected chi connectivity index (χ1v) is 9.52. The molecule has 0 aromatic carbocycles. The summed E-state index contributed by atoms with van der Waals surface area (Å²) in [6.07, 6.45) is 3.38. The zero-order valence-corrected chi connectivity index (χ0v) is 14.9. The van der Waals surface area contributed by atoms with E-state index in [1.165, 1.54) is 6.42 Å². The zero-order chi connectivity index (χ0) is 16.7. The molecule has 4 rings (SSSR count). The van der Waals surface area contributed by atoms with E-state index >= 15 is 0 Å². The maximum absolute atomic E-state index is 12.6. The van der Waals surface area contributed by atoms with Crippen LogP contribution in [0.25, 0.3) is 0 Å². The fourth-order valence-corrected chi connectivity index (χ4v) is 3.77. The molecule has 0 saturated heterocycles. The molecule has 1 N–H and O–H groups in total. The standard InChI is InChI=1S/C18H23N3O2S/c1-11-7-15(11)16-6-5-14(23-16)9-21(13-3-4-13)18(22)19-8-17-20-12(2)10-24-17/h5-6,10-11,13,15H,3-4,7-9H2,1-2H3,(H,19,22)/t11-,15-/m1/s1. The normalized spacial score (nSPS) is 22.4. The van der Waals surface area contributed by atoms with Gasteiger partial charge in [-0.05, 0) is 44.2 Å². The van der Waals surface area contributed by atoms with Crippen LogP contribution in [0.3, 0.4) is 0 Å². The van der Waals surface area contributed by atoms with Crippen LogP contribution in [-0.4, -0.2) is 22.0 Å². The third-order valence-electron chi connectivity index (χ3n) is 4.79. The maximum atomic E-state index is 12.6. The van der Waals surface area contributed by atoms with Crippen LogP contribution in [0.15, 0.2) is 21.9 Å². The number of hydrogen-bond acceptors (Lipinski definition) is 4. The summed E-state index contributed by atoms with van der Waals surface area (Å²) in [5.41, 5.74) is 1.00. The highest BCUT2D eigenvalue weighted by Crippen LogP contribution is 2.47. The van der Waals surface area contributed by atoms with Crippen LogP contribution >= 0.6 is 11.3 Å². The second-order valence-electron chi connectivity index (χ2n) is 7.02. The molecule has 24 heavy (non-hydrogen) atoms. The van der Waals surface area contributed by atoms with E-state index in [2.05, 4.69) is 23.3 Å². The van der Waals surface area contributed by atoms with Crippen molar-refractivity contribution in [3.05, 3.63) is 39.7 Å². The molecule has 2 heterocycles. The molecule has 0 unspecified atom stereocenters. The Hall–Kier alpha value is -1.82. The Kier molecular flexibility index (Phi) is 4.08. The number of nitrogens with one attached hydrogen (secondary N) is 1. The SMILES string of the molecule is Cc1csc(CNC(=O)N(Cc2ccc([C@@H]3C[C@H]3C)o2)C2CC2)n1. The van der Waals surface area contributed by atoms with Crippen LogP contribution in [-0.2, 0) is 13.1 Å². The highest BCUT2D eigenvalue weighted by molar-refractivity contribution is 7.09. The van der Waals surface area contributed by atoms with Gasteiger partial charge in [-0.15, -0.1) is 11.3 Å². The van der Waals surface area contributed by atoms with Crippen molar-refractivity contribution in [1.82, 2.24) is 15.2 Å². The number of carbonyl (C=O) groups is 1. The monoisotopic (exact) mass is 345 g/mol. The molecule has 0 aliphatic heterocycles. The third-order valence-corrected chi connectivity index (χ3v) is 5.76. The second-order valence-corrected chi connectivity index (χ2v) is 7.97. The number of urea groups is 1. The van der Waals surface area contributed by atoms with E-state index in [0.717, 1.165) is 41.0 Å². The molecule has 0 radical (unpaired) electrons. The third kappa shape index (κ3) is 3.48. The molecule has 2 aromatic rings. The van der Waals surface area contributed by atoms with Crippen molar-refractivity contribution in [3.8, 4) is 0 Å². The van der Waals surface area contributed by atoms with Gasteiger partial charge in [0, 0.05) is 23.0 Å². The molecule has 0 bridgehead atoms. The molecule has 2 atom stereocenters. The molecule has 2 aliphatic carbocycles. The molecular formula is C18H23N3O2S. The summed E-state index contributed by atoms with van der Waals surface area (Å²) in [6, 6.07) is 4.41. The van der Waals surface area contributed by atoms with Crippen molar-refractivity contribution in [1.29, 1.82) is 0 Å². The van der Waals surface area contributed by atoms with Gasteiger partial charge in [0.15, 0.2) is 0 Å². The summed E-state index contributed by atoms with van der Waals surface area (Å²) in [6.45, 7) is 5.25. The minimum Gasteiger partial charge on any atom is -0.464 e. The molecule has 2 amide bonds. The Balaban J connectivity index is 1.36. The van der Waals surface area contributed by atoms with E-state index < -0.39 is 0 Å². The molecule has 6 heteroatoms. The van der Waals surface area contributed by atoms with E-state index in [1.54, 1.807) is 11.3 Å². The predicted molar refractivity (Wildman–Crippen MR) is 92.9 cm³/mol. The van der Waals surface area contributed by atoms with Crippen molar-refractivity contribution < 1.29 is 9.21 Å². The van der Waals surface area contributed by atoms with Gasteiger partial charge in [-0.1, -0.05) is 6.92 Å². The molecule has 0 spiro atoms. The van der Waals surface area contributed by atoms with Gasteiger partial charge in [-0.25, -0.2) is 9.78 Å². The minimum absolute atomic E-state index is 0.0249. The molecule has 5 nitrogen and oxygen atoms in total. The summed E-state index contributed by atoms with van der Waals surface area (Å²) in [4.78, 5) is 18.9. The first-order chi connectivity index (χ1) is 11.6. The van der Waals surface area contributed by atoms with Crippen LogP contribution in [0.4, 0.5) is 4.79 Å². The van der Waals surface area contributed by atoms with E-state index in [-0.39, 0.29) is 6.03 Å². The summed E-state index contributed by atoms with van der Waals surface area (Å²) < 4.78 is 5.97. The van der Waals surface area contributed by atoms with Crippen LogP contribution in [0.5, 0.6) is 0 Å². The molecule has 128 valence electrons. The van der Waals surface area contributed by atoms with Crippen molar-refractivity contribution in [3.63, 3.8) is 0 Å². The summed E-state index contributed by atoms with van der Waals surface area (Å²) >= 11 is 1.58. The first-order valence-electron chi connectivity index (χ1n) is 8.64. The molecule has 2 fully saturated rings. The Bertz CT molecular complexity index is 734. The average molecular weight is 345 g/mol. The van der Waals surface area contributed by atoms with Gasteiger partial charge in [0.25, 0.3) is 0 Å². The highest BCUT2D eigenvalue weighted by atomic mass is 32.1. The van der Waals surface area contributed by atoms with Crippen molar-refractivity contribution in [2.75, 3.05) is 0 Å². The van der Waals surface area contributed by atoms with Crippen LogP contribution in [0, 0.1) is 12.8 Å². The lowest BCUT2D eigenvalue weighted by atomic mass is 10.3. The number of furan rings is 1. The molecular weight excluding hydrogens is 322 g/mol. The van der Waals surface area contributed by atoms with Gasteiger partial charge >= 0.3 is 6.03 Å². The van der Waals surface area contributed by atoms with Gasteiger partial charge in [0.2, 0.25) is 0 Å². The lowest BCUT2D eigenvalue weighted by Gasteiger charge is -2.21. The number of aromatic nitrogens is 1. The van der Waals surface area contributed by atoms with Gasteiger partial charge in [0.1, 0.15) is 16.5 Å². The smallest absolute Gasteiger partial charge is 0.318 e. The van der Waals surface area contributed by atoms with Crippen molar-refractivity contribution in [2.45, 2.75) is 58.2 Å². The quantitative estimate of drug-likeness (QED) is 0.859. The molecule has 2 aromatic heterocycles. The topological polar surface area (TPSA) is 58.4 Å². The van der Waals surface area contributed by atoms with E-state index in [1.807, 2.05) is 23.3 Å². The summed E-state index contributed by atoms with van der Waals surface area (Å²) in [5, 5.41) is 5.94. The minimum atomic E-state index is -0.0249. The van der Waals surface area contributed by atoms with E-state index in [0.29, 0.717) is 25.0 Å². The lowest BCUT2D eigenvalue weighted by Crippen LogP contribution is -2.40. The summed E-state index contributed by atoms with van der Waals surface area (Å²) in [7, 11) is 0. The number of rotatable bonds is 6. The highest BCUT2D eigenvalue weighted by Gasteiger charge is 2.37. The summed E-state index contributed by atoms with van der Waals surface area (Å²) in [5.74, 6) is 3.27. The van der Waals surface area contributed by atoms with Crippen molar-refractivity contribution >= 4 is 17.4 Å². The number of aryl methyl sites for hydroxylation is 1. The van der Waals surface area contributed by atoms with Crippen LogP contribution in [0.1, 0.15) is 54.3 Å². The predicted octanol–water partition coefficient (Wildman–Crippen LogP) is 4.04. The fourth-order valence-electron chi connectivity index (χ4n) is 3.05. The average Bonchev–Trinajstić information content (AvgIpc) is 3.44. The van der Waals surface area contributed by atoms with Gasteiger partial charge in [-0.2, -0.15) is 0 Å². The van der Waals surface area contributed by atoms with E-state index in [9.17, 15) is 4.79 Å². The van der Waals surface area contributed by atoms with Crippen LogP contribution < -0.4 is 5.32 Å². The molecule has 2 saturated carbocycles. The van der Waals surface area contributed by atoms with Gasteiger partial charge in [0.05, 0.1) is 13.1 Å². The number of carbonyl (C=O) groups excluding carboxylic acids is 1.